The first kappa shape index (κ1) is 22.0. The van der Waals surface area contributed by atoms with Crippen LogP contribution in [0.25, 0.3) is 0 Å². The van der Waals surface area contributed by atoms with Crippen molar-refractivity contribution in [2.24, 2.45) is 0 Å². The van der Waals surface area contributed by atoms with E-state index in [0.717, 1.165) is 9.87 Å². The second-order valence-corrected chi connectivity index (χ2v) is 9.09. The molecule has 0 radical (unpaired) electrons. The van der Waals surface area contributed by atoms with Gasteiger partial charge in [0.2, 0.25) is 15.9 Å². The second kappa shape index (κ2) is 9.38. The molecule has 0 heterocycles. The maximum atomic E-state index is 13.2. The highest BCUT2D eigenvalue weighted by atomic mass is 35.5. The van der Waals surface area contributed by atoms with Crippen LogP contribution in [0.3, 0.4) is 0 Å². The van der Waals surface area contributed by atoms with E-state index in [1.165, 1.54) is 36.4 Å². The van der Waals surface area contributed by atoms with E-state index < -0.39 is 28.3 Å². The molecule has 0 aliphatic heterocycles. The Bertz CT molecular complexity index is 1140. The number of nitrogens with one attached hydrogen (secondary N) is 1. The van der Waals surface area contributed by atoms with E-state index in [4.69, 9.17) is 11.6 Å². The van der Waals surface area contributed by atoms with Gasteiger partial charge in [0, 0.05) is 17.3 Å². The van der Waals surface area contributed by atoms with E-state index >= 15 is 0 Å². The van der Waals surface area contributed by atoms with Gasteiger partial charge >= 0.3 is 0 Å². The number of hydrogen-bond donors (Lipinski definition) is 1. The molecule has 0 atom stereocenters. The Hall–Kier alpha value is -2.74. The van der Waals surface area contributed by atoms with Gasteiger partial charge in [0.05, 0.1) is 11.4 Å². The van der Waals surface area contributed by atoms with Crippen molar-refractivity contribution in [2.45, 2.75) is 18.4 Å². The monoisotopic (exact) mass is 446 g/mol. The van der Waals surface area contributed by atoms with Crippen LogP contribution in [0.1, 0.15) is 11.1 Å². The van der Waals surface area contributed by atoms with Crippen LogP contribution in [0.2, 0.25) is 5.02 Å². The molecule has 5 nitrogen and oxygen atoms in total. The lowest BCUT2D eigenvalue weighted by atomic mass is 10.2. The number of aryl methyl sites for hydroxylation is 1. The highest BCUT2D eigenvalue weighted by molar-refractivity contribution is 7.89. The molecule has 3 rings (SSSR count). The molecule has 0 saturated heterocycles. The number of nitrogens with zero attached hydrogens (tertiary/aromatic N) is 1. The van der Waals surface area contributed by atoms with E-state index in [0.29, 0.717) is 16.3 Å². The zero-order valence-corrected chi connectivity index (χ0v) is 17.8. The smallest absolute Gasteiger partial charge is 0.243 e. The third kappa shape index (κ3) is 5.44. The second-order valence-electron chi connectivity index (χ2n) is 6.72. The van der Waals surface area contributed by atoms with Gasteiger partial charge in [-0.1, -0.05) is 41.9 Å². The predicted molar refractivity (Wildman–Crippen MR) is 115 cm³/mol. The molecule has 0 fully saturated rings. The van der Waals surface area contributed by atoms with Crippen LogP contribution in [0.15, 0.2) is 77.7 Å². The van der Waals surface area contributed by atoms with Crippen LogP contribution >= 0.6 is 11.6 Å². The normalized spacial score (nSPS) is 11.5. The van der Waals surface area contributed by atoms with Gasteiger partial charge in [-0.05, 0) is 60.5 Å². The lowest BCUT2D eigenvalue weighted by Gasteiger charge is -2.22. The number of anilines is 1. The van der Waals surface area contributed by atoms with Gasteiger partial charge in [0.15, 0.2) is 0 Å². The molecule has 0 aliphatic rings. The topological polar surface area (TPSA) is 66.5 Å². The molecular formula is C22H20ClFN2O3S. The molecule has 3 aromatic carbocycles. The van der Waals surface area contributed by atoms with Gasteiger partial charge in [0.1, 0.15) is 5.82 Å². The fraction of sp³-hybridized carbons (Fsp3) is 0.136. The molecule has 0 aromatic heterocycles. The summed E-state index contributed by atoms with van der Waals surface area (Å²) in [4.78, 5) is 12.7. The van der Waals surface area contributed by atoms with Crippen molar-refractivity contribution in [3.8, 4) is 0 Å². The minimum Gasteiger partial charge on any atom is -0.325 e. The summed E-state index contributed by atoms with van der Waals surface area (Å²) >= 11 is 5.94. The highest BCUT2D eigenvalue weighted by Crippen LogP contribution is 2.21. The molecule has 0 saturated carbocycles. The Morgan fingerprint density at radius 2 is 1.70 bits per heavy atom. The maximum absolute atomic E-state index is 13.2. The van der Waals surface area contributed by atoms with Crippen LogP contribution in [-0.2, 0) is 21.4 Å². The number of sulfonamides is 1. The lowest BCUT2D eigenvalue weighted by Crippen LogP contribution is -2.37. The van der Waals surface area contributed by atoms with E-state index in [2.05, 4.69) is 5.32 Å². The number of halogens is 2. The summed E-state index contributed by atoms with van der Waals surface area (Å²) < 4.78 is 40.6. The SMILES string of the molecule is Cc1cc(Cl)ccc1NC(=O)CN(Cc1ccc(F)cc1)S(=O)(=O)c1ccccc1. The number of benzene rings is 3. The van der Waals surface area contributed by atoms with Crippen molar-refractivity contribution in [1.29, 1.82) is 0 Å². The van der Waals surface area contributed by atoms with E-state index in [1.54, 1.807) is 43.3 Å². The Balaban J connectivity index is 1.86. The quantitative estimate of drug-likeness (QED) is 0.576. The maximum Gasteiger partial charge on any atom is 0.243 e. The lowest BCUT2D eigenvalue weighted by molar-refractivity contribution is -0.116. The fourth-order valence-corrected chi connectivity index (χ4v) is 4.51. The molecule has 156 valence electrons. The molecule has 8 heteroatoms. The Labute approximate surface area is 180 Å². The van der Waals surface area contributed by atoms with Gasteiger partial charge in [-0.15, -0.1) is 0 Å². The van der Waals surface area contributed by atoms with Gasteiger partial charge in [0.25, 0.3) is 0 Å². The Morgan fingerprint density at radius 3 is 2.33 bits per heavy atom. The van der Waals surface area contributed by atoms with Crippen LogP contribution < -0.4 is 5.32 Å². The number of rotatable bonds is 7. The van der Waals surface area contributed by atoms with Crippen molar-refractivity contribution in [3.63, 3.8) is 0 Å². The molecule has 1 amide bonds. The van der Waals surface area contributed by atoms with Crippen molar-refractivity contribution in [2.75, 3.05) is 11.9 Å². The average molecular weight is 447 g/mol. The molecule has 3 aromatic rings. The minimum absolute atomic E-state index is 0.0718. The molecule has 0 spiro atoms. The summed E-state index contributed by atoms with van der Waals surface area (Å²) in [5.41, 5.74) is 1.86. The first-order chi connectivity index (χ1) is 14.3. The zero-order chi connectivity index (χ0) is 21.7. The van der Waals surface area contributed by atoms with Gasteiger partial charge in [-0.3, -0.25) is 4.79 Å². The van der Waals surface area contributed by atoms with Crippen LogP contribution in [0.4, 0.5) is 10.1 Å². The summed E-state index contributed by atoms with van der Waals surface area (Å²) in [6.07, 6.45) is 0. The highest BCUT2D eigenvalue weighted by Gasteiger charge is 2.27. The molecule has 0 unspecified atom stereocenters. The number of hydrogen-bond acceptors (Lipinski definition) is 3. The number of carbonyl (C=O) groups excluding carboxylic acids is 1. The van der Waals surface area contributed by atoms with Gasteiger partial charge < -0.3 is 5.32 Å². The molecule has 0 bridgehead atoms. The predicted octanol–water partition coefficient (Wildman–Crippen LogP) is 4.62. The first-order valence-corrected chi connectivity index (χ1v) is 10.9. The fourth-order valence-electron chi connectivity index (χ4n) is 2.88. The summed E-state index contributed by atoms with van der Waals surface area (Å²) in [7, 11) is -3.96. The third-order valence-corrected chi connectivity index (χ3v) is 6.48. The largest absolute Gasteiger partial charge is 0.325 e. The standard InChI is InChI=1S/C22H20ClFN2O3S/c1-16-13-18(23)9-12-21(16)25-22(27)15-26(14-17-7-10-19(24)11-8-17)30(28,29)20-5-3-2-4-6-20/h2-13H,14-15H2,1H3,(H,25,27). The third-order valence-electron chi connectivity index (χ3n) is 4.44. The number of amides is 1. The average Bonchev–Trinajstić information content (AvgIpc) is 2.72. The van der Waals surface area contributed by atoms with Crippen molar-refractivity contribution in [1.82, 2.24) is 4.31 Å². The summed E-state index contributed by atoms with van der Waals surface area (Å²) in [6.45, 7) is 1.31. The van der Waals surface area contributed by atoms with Crippen LogP contribution in [0, 0.1) is 12.7 Å². The Morgan fingerprint density at radius 1 is 1.03 bits per heavy atom. The summed E-state index contributed by atoms with van der Waals surface area (Å²) in [6, 6.07) is 18.3. The van der Waals surface area contributed by atoms with Crippen LogP contribution in [-0.4, -0.2) is 25.2 Å². The van der Waals surface area contributed by atoms with E-state index in [-0.39, 0.29) is 11.4 Å². The minimum atomic E-state index is -3.96. The number of carbonyl (C=O) groups is 1. The van der Waals surface area contributed by atoms with Crippen molar-refractivity contribution >= 4 is 33.2 Å². The molecule has 30 heavy (non-hydrogen) atoms. The molecular weight excluding hydrogens is 427 g/mol. The van der Waals surface area contributed by atoms with Gasteiger partial charge in [-0.25, -0.2) is 12.8 Å². The zero-order valence-electron chi connectivity index (χ0n) is 16.2. The van der Waals surface area contributed by atoms with Gasteiger partial charge in [-0.2, -0.15) is 4.31 Å². The Kier molecular flexibility index (Phi) is 6.87. The van der Waals surface area contributed by atoms with E-state index in [1.807, 2.05) is 0 Å². The van der Waals surface area contributed by atoms with Crippen molar-refractivity contribution < 1.29 is 17.6 Å². The first-order valence-electron chi connectivity index (χ1n) is 9.11. The summed E-state index contributed by atoms with van der Waals surface area (Å²) in [5, 5.41) is 3.26. The van der Waals surface area contributed by atoms with E-state index in [9.17, 15) is 17.6 Å². The molecule has 1 N–H and O–H groups in total. The molecule has 0 aliphatic carbocycles. The van der Waals surface area contributed by atoms with Crippen LogP contribution in [0.5, 0.6) is 0 Å². The summed E-state index contributed by atoms with van der Waals surface area (Å²) in [5.74, 6) is -0.922. The van der Waals surface area contributed by atoms with Crippen molar-refractivity contribution in [3.05, 3.63) is 94.8 Å².